The summed E-state index contributed by atoms with van der Waals surface area (Å²) in [5.74, 6) is 1.39. The fourth-order valence-electron chi connectivity index (χ4n) is 3.66. The lowest BCUT2D eigenvalue weighted by atomic mass is 9.97. The molecule has 2 fully saturated rings. The Morgan fingerprint density at radius 2 is 2.07 bits per heavy atom. The summed E-state index contributed by atoms with van der Waals surface area (Å²) in [6.45, 7) is 3.29. The predicted molar refractivity (Wildman–Crippen MR) is 102 cm³/mol. The molecule has 0 spiro atoms. The van der Waals surface area contributed by atoms with Gasteiger partial charge in [0.15, 0.2) is 0 Å². The number of hydrogen-bond donors (Lipinski definition) is 0. The van der Waals surface area contributed by atoms with Crippen molar-refractivity contribution in [1.29, 1.82) is 0 Å². The van der Waals surface area contributed by atoms with Gasteiger partial charge in [0.05, 0.1) is 11.7 Å². The first-order chi connectivity index (χ1) is 13.5. The molecule has 0 atom stereocenters. The van der Waals surface area contributed by atoms with Crippen LogP contribution in [-0.4, -0.2) is 49.6 Å². The van der Waals surface area contributed by atoms with Crippen LogP contribution >= 0.6 is 0 Å². The van der Waals surface area contributed by atoms with Crippen LogP contribution in [0.2, 0.25) is 0 Å². The van der Waals surface area contributed by atoms with Gasteiger partial charge in [-0.25, -0.2) is 4.79 Å². The molecule has 8 nitrogen and oxygen atoms in total. The Hall–Kier alpha value is -2.90. The number of ether oxygens (including phenoxy) is 1. The molecule has 1 aliphatic heterocycles. The molecule has 2 aromatic heterocycles. The molecule has 5 rings (SSSR count). The SMILES string of the molecule is Cn1ncc2ccc(-c3noc(C4CCN(C(=O)OC5(C)CC5)CC4)n3)cc21. The fraction of sp³-hybridized carbons (Fsp3) is 0.500. The summed E-state index contributed by atoms with van der Waals surface area (Å²) in [6, 6.07) is 6.02. The number of carbonyl (C=O) groups is 1. The molecule has 1 aliphatic carbocycles. The monoisotopic (exact) mass is 381 g/mol. The van der Waals surface area contributed by atoms with Gasteiger partial charge in [-0.3, -0.25) is 4.68 Å². The summed E-state index contributed by atoms with van der Waals surface area (Å²) in [4.78, 5) is 18.7. The maximum absolute atomic E-state index is 12.2. The van der Waals surface area contributed by atoms with Gasteiger partial charge in [0, 0.05) is 37.0 Å². The van der Waals surface area contributed by atoms with Crippen molar-refractivity contribution >= 4 is 17.0 Å². The van der Waals surface area contributed by atoms with Crippen molar-refractivity contribution in [3.8, 4) is 11.4 Å². The van der Waals surface area contributed by atoms with Crippen molar-refractivity contribution in [2.24, 2.45) is 7.05 Å². The minimum atomic E-state index is -0.232. The summed E-state index contributed by atoms with van der Waals surface area (Å²) in [6.07, 6.45) is 5.16. The summed E-state index contributed by atoms with van der Waals surface area (Å²) >= 11 is 0. The van der Waals surface area contributed by atoms with Crippen LogP contribution in [0.25, 0.3) is 22.3 Å². The van der Waals surface area contributed by atoms with Crippen molar-refractivity contribution < 1.29 is 14.1 Å². The van der Waals surface area contributed by atoms with E-state index in [1.54, 1.807) is 4.90 Å². The number of aromatic nitrogens is 4. The second-order valence-corrected chi connectivity index (χ2v) is 8.08. The van der Waals surface area contributed by atoms with Crippen LogP contribution in [0.3, 0.4) is 0 Å². The molecule has 146 valence electrons. The predicted octanol–water partition coefficient (Wildman–Crippen LogP) is 3.49. The topological polar surface area (TPSA) is 86.3 Å². The molecular formula is C20H23N5O3. The van der Waals surface area contributed by atoms with Crippen LogP contribution in [-0.2, 0) is 11.8 Å². The van der Waals surface area contributed by atoms with Gasteiger partial charge >= 0.3 is 6.09 Å². The minimum Gasteiger partial charge on any atom is -0.443 e. The zero-order chi connectivity index (χ0) is 19.3. The first-order valence-electron chi connectivity index (χ1n) is 9.74. The van der Waals surface area contributed by atoms with E-state index in [-0.39, 0.29) is 17.6 Å². The quantitative estimate of drug-likeness (QED) is 0.690. The first-order valence-corrected chi connectivity index (χ1v) is 9.74. The maximum Gasteiger partial charge on any atom is 0.410 e. The number of benzene rings is 1. The standard InChI is InChI=1S/C20H23N5O3/c1-20(7-8-20)27-19(26)25-9-5-13(6-10-25)18-22-17(23-28-18)14-3-4-15-12-21-24(2)16(15)11-14/h3-4,11-13H,5-10H2,1-2H3. The number of rotatable bonds is 3. The first kappa shape index (κ1) is 17.2. The molecule has 3 heterocycles. The van der Waals surface area contributed by atoms with Gasteiger partial charge in [-0.05, 0) is 38.7 Å². The number of carbonyl (C=O) groups excluding carboxylic acids is 1. The van der Waals surface area contributed by atoms with Crippen molar-refractivity contribution in [2.45, 2.75) is 44.1 Å². The molecule has 0 N–H and O–H groups in total. The number of piperidine rings is 1. The van der Waals surface area contributed by atoms with Crippen LogP contribution in [0.4, 0.5) is 4.79 Å². The summed E-state index contributed by atoms with van der Waals surface area (Å²) in [7, 11) is 1.91. The average molecular weight is 381 g/mol. The number of aryl methyl sites for hydroxylation is 1. The van der Waals surface area contributed by atoms with Crippen LogP contribution in [0.5, 0.6) is 0 Å². The van der Waals surface area contributed by atoms with Gasteiger partial charge in [0.25, 0.3) is 0 Å². The van der Waals surface area contributed by atoms with E-state index in [4.69, 9.17) is 9.26 Å². The third-order valence-corrected chi connectivity index (χ3v) is 5.84. The number of hydrogen-bond acceptors (Lipinski definition) is 6. The smallest absolute Gasteiger partial charge is 0.410 e. The lowest BCUT2D eigenvalue weighted by Gasteiger charge is -2.30. The van der Waals surface area contributed by atoms with Gasteiger partial charge in [-0.2, -0.15) is 10.1 Å². The highest BCUT2D eigenvalue weighted by Gasteiger charge is 2.43. The molecule has 1 amide bonds. The van der Waals surface area contributed by atoms with E-state index in [2.05, 4.69) is 15.2 Å². The highest BCUT2D eigenvalue weighted by atomic mass is 16.6. The van der Waals surface area contributed by atoms with Crippen molar-refractivity contribution in [3.63, 3.8) is 0 Å². The largest absolute Gasteiger partial charge is 0.443 e. The molecule has 2 aliphatic rings. The van der Waals surface area contributed by atoms with E-state index in [0.717, 1.165) is 42.1 Å². The van der Waals surface area contributed by atoms with Gasteiger partial charge in [0.2, 0.25) is 11.7 Å². The Kier molecular flexibility index (Phi) is 3.89. The van der Waals surface area contributed by atoms with Gasteiger partial charge in [-0.15, -0.1) is 0 Å². The van der Waals surface area contributed by atoms with Crippen molar-refractivity contribution in [2.75, 3.05) is 13.1 Å². The Labute approximate surface area is 162 Å². The molecule has 8 heteroatoms. The molecule has 1 aromatic carbocycles. The zero-order valence-electron chi connectivity index (χ0n) is 16.1. The summed E-state index contributed by atoms with van der Waals surface area (Å²) in [5.41, 5.74) is 1.70. The number of nitrogens with zero attached hydrogens (tertiary/aromatic N) is 5. The van der Waals surface area contributed by atoms with Gasteiger partial charge in [-0.1, -0.05) is 17.3 Å². The van der Waals surface area contributed by atoms with Gasteiger partial charge < -0.3 is 14.2 Å². The third kappa shape index (κ3) is 3.12. The van der Waals surface area contributed by atoms with Crippen LogP contribution in [0.1, 0.15) is 44.4 Å². The molecule has 0 bridgehead atoms. The highest BCUT2D eigenvalue weighted by molar-refractivity contribution is 5.83. The summed E-state index contributed by atoms with van der Waals surface area (Å²) < 4.78 is 12.9. The molecule has 0 unspecified atom stereocenters. The second kappa shape index (κ2) is 6.32. The Morgan fingerprint density at radius 1 is 1.29 bits per heavy atom. The van der Waals surface area contributed by atoms with E-state index >= 15 is 0 Å². The molecule has 1 saturated heterocycles. The lowest BCUT2D eigenvalue weighted by molar-refractivity contribution is 0.0510. The number of amides is 1. The Morgan fingerprint density at radius 3 is 2.82 bits per heavy atom. The molecular weight excluding hydrogens is 358 g/mol. The average Bonchev–Trinajstić information content (AvgIpc) is 3.10. The van der Waals surface area contributed by atoms with E-state index in [1.807, 2.05) is 43.0 Å². The van der Waals surface area contributed by atoms with Gasteiger partial charge in [0.1, 0.15) is 5.60 Å². The normalized spacial score (nSPS) is 19.1. The molecule has 28 heavy (non-hydrogen) atoms. The van der Waals surface area contributed by atoms with Crippen LogP contribution in [0.15, 0.2) is 28.9 Å². The van der Waals surface area contributed by atoms with Crippen molar-refractivity contribution in [1.82, 2.24) is 24.8 Å². The summed E-state index contributed by atoms with van der Waals surface area (Å²) in [5, 5.41) is 9.52. The van der Waals surface area contributed by atoms with Crippen molar-refractivity contribution in [3.05, 3.63) is 30.3 Å². The Bertz CT molecular complexity index is 1030. The third-order valence-electron chi connectivity index (χ3n) is 5.84. The molecule has 0 radical (unpaired) electrons. The molecule has 3 aromatic rings. The molecule has 1 saturated carbocycles. The second-order valence-electron chi connectivity index (χ2n) is 8.08. The lowest BCUT2D eigenvalue weighted by Crippen LogP contribution is -2.39. The van der Waals surface area contributed by atoms with Crippen LogP contribution in [0, 0.1) is 0 Å². The maximum atomic E-state index is 12.2. The minimum absolute atomic E-state index is 0.169. The van der Waals surface area contributed by atoms with E-state index in [1.165, 1.54) is 0 Å². The Balaban J connectivity index is 1.26. The van der Waals surface area contributed by atoms with Crippen LogP contribution < -0.4 is 0 Å². The number of fused-ring (bicyclic) bond motifs is 1. The zero-order valence-corrected chi connectivity index (χ0v) is 16.1. The van der Waals surface area contributed by atoms with E-state index < -0.39 is 0 Å². The number of likely N-dealkylation sites (tertiary alicyclic amines) is 1. The van der Waals surface area contributed by atoms with E-state index in [0.29, 0.717) is 24.8 Å². The highest BCUT2D eigenvalue weighted by Crippen LogP contribution is 2.39. The van der Waals surface area contributed by atoms with E-state index in [9.17, 15) is 4.79 Å². The fourth-order valence-corrected chi connectivity index (χ4v) is 3.66.